The molecule has 172 valence electrons. The second-order valence-corrected chi connectivity index (χ2v) is 9.37. The van der Waals surface area contributed by atoms with E-state index in [1.807, 2.05) is 0 Å². The Bertz CT molecular complexity index is 915. The quantitative estimate of drug-likeness (QED) is 0.419. The third kappa shape index (κ3) is 4.29. The van der Waals surface area contributed by atoms with Gasteiger partial charge in [-0.15, -0.1) is 0 Å². The van der Waals surface area contributed by atoms with Crippen LogP contribution in [0.25, 0.3) is 0 Å². The van der Waals surface area contributed by atoms with Crippen molar-refractivity contribution in [2.45, 2.75) is 56.1 Å². The number of epoxide rings is 1. The number of aliphatic hydroxyl groups is 1. The molecule has 1 N–H and O–H groups in total. The number of nitrogens with zero attached hydrogens (tertiary/aromatic N) is 1. The molecule has 2 aliphatic rings. The molecule has 1 saturated heterocycles. The second kappa shape index (κ2) is 8.54. The van der Waals surface area contributed by atoms with Gasteiger partial charge >= 0.3 is 5.97 Å². The van der Waals surface area contributed by atoms with E-state index in [1.54, 1.807) is 0 Å². The maximum atomic E-state index is 13.5. The van der Waals surface area contributed by atoms with Crippen LogP contribution in [-0.4, -0.2) is 60.6 Å². The van der Waals surface area contributed by atoms with Gasteiger partial charge in [0, 0.05) is 6.42 Å². The van der Waals surface area contributed by atoms with Gasteiger partial charge in [-0.3, -0.25) is 0 Å². The van der Waals surface area contributed by atoms with Crippen LogP contribution in [0.4, 0.5) is 8.78 Å². The van der Waals surface area contributed by atoms with Gasteiger partial charge < -0.3 is 19.1 Å². The summed E-state index contributed by atoms with van der Waals surface area (Å²) in [6.07, 6.45) is 1.99. The highest BCUT2D eigenvalue weighted by Crippen LogP contribution is 2.41. The lowest BCUT2D eigenvalue weighted by Crippen LogP contribution is -2.53. The Morgan fingerprint density at radius 1 is 1.06 bits per heavy atom. The van der Waals surface area contributed by atoms with E-state index in [0.717, 1.165) is 17.4 Å². The fraction of sp³-hybridized carbons (Fsp3) is 0.480. The van der Waals surface area contributed by atoms with Crippen molar-refractivity contribution in [3.05, 3.63) is 71.3 Å². The summed E-state index contributed by atoms with van der Waals surface area (Å²) in [4.78, 5) is 13.4. The molecule has 0 aromatic heterocycles. The summed E-state index contributed by atoms with van der Waals surface area (Å²) in [5, 5.41) is 11.6. The first-order valence-corrected chi connectivity index (χ1v) is 11.1. The molecule has 4 atom stereocenters. The summed E-state index contributed by atoms with van der Waals surface area (Å²) < 4.78 is 39.5. The summed E-state index contributed by atoms with van der Waals surface area (Å²) in [7, 11) is 4.28. The first-order valence-electron chi connectivity index (χ1n) is 11.1. The number of carbonyl (C=O) groups excluding carboxylic acids is 1. The monoisotopic (exact) mass is 446 g/mol. The Morgan fingerprint density at radius 2 is 1.59 bits per heavy atom. The Morgan fingerprint density at radius 3 is 2.09 bits per heavy atom. The number of likely N-dealkylation sites (N-methyl/N-ethyl adjacent to an activating group) is 1. The standard InChI is InChI=1S/C25H30F2NO4/c1-4-28(2,3)21-15-20(13-14-22-23(21)32-22)31-24(29)25(30,16-5-9-18(26)10-6-16)17-7-11-19(27)12-8-17/h5-12,20-23,30H,4,13-15H2,1-3H3/q+1/t20-,21?,22-,23?/m1/s1. The molecule has 0 amide bonds. The number of hydrogen-bond donors (Lipinski definition) is 1. The van der Waals surface area contributed by atoms with Crippen LogP contribution < -0.4 is 0 Å². The van der Waals surface area contributed by atoms with E-state index in [4.69, 9.17) is 9.47 Å². The van der Waals surface area contributed by atoms with Gasteiger partial charge in [-0.25, -0.2) is 13.6 Å². The molecule has 1 aliphatic heterocycles. The van der Waals surface area contributed by atoms with E-state index >= 15 is 0 Å². The number of carbonyl (C=O) groups is 1. The van der Waals surface area contributed by atoms with Crippen molar-refractivity contribution in [2.75, 3.05) is 20.6 Å². The molecular formula is C25H30F2NO4+. The van der Waals surface area contributed by atoms with E-state index in [2.05, 4.69) is 21.0 Å². The van der Waals surface area contributed by atoms with Gasteiger partial charge in [-0.2, -0.15) is 0 Å². The minimum atomic E-state index is -2.18. The fourth-order valence-corrected chi connectivity index (χ4v) is 4.64. The molecule has 2 aromatic carbocycles. The topological polar surface area (TPSA) is 59.1 Å². The van der Waals surface area contributed by atoms with Gasteiger partial charge in [0.2, 0.25) is 5.60 Å². The second-order valence-electron chi connectivity index (χ2n) is 9.37. The highest BCUT2D eigenvalue weighted by Gasteiger charge is 2.55. The van der Waals surface area contributed by atoms with E-state index in [0.29, 0.717) is 12.8 Å². The van der Waals surface area contributed by atoms with Crippen LogP contribution in [0.15, 0.2) is 48.5 Å². The first kappa shape index (κ1) is 22.8. The smallest absolute Gasteiger partial charge is 0.347 e. The predicted molar refractivity (Wildman–Crippen MR) is 115 cm³/mol. The molecule has 2 aromatic rings. The number of esters is 1. The lowest BCUT2D eigenvalue weighted by molar-refractivity contribution is -0.914. The lowest BCUT2D eigenvalue weighted by atomic mass is 9.86. The van der Waals surface area contributed by atoms with Crippen LogP contribution in [-0.2, 0) is 19.9 Å². The first-order chi connectivity index (χ1) is 15.1. The van der Waals surface area contributed by atoms with Crippen LogP contribution in [0.3, 0.4) is 0 Å². The third-order valence-corrected chi connectivity index (χ3v) is 7.08. The molecule has 0 bridgehead atoms. The number of fused-ring (bicyclic) bond motifs is 1. The number of hydrogen-bond acceptors (Lipinski definition) is 4. The minimum absolute atomic E-state index is 0.154. The maximum absolute atomic E-state index is 13.5. The van der Waals surface area contributed by atoms with Gasteiger partial charge in [0.15, 0.2) is 0 Å². The molecule has 5 nitrogen and oxygen atoms in total. The zero-order valence-electron chi connectivity index (χ0n) is 18.6. The fourth-order valence-electron chi connectivity index (χ4n) is 4.64. The van der Waals surface area contributed by atoms with E-state index in [-0.39, 0.29) is 35.5 Å². The van der Waals surface area contributed by atoms with Crippen molar-refractivity contribution in [2.24, 2.45) is 0 Å². The van der Waals surface area contributed by atoms with Crippen LogP contribution in [0, 0.1) is 11.6 Å². The molecular weight excluding hydrogens is 416 g/mol. The van der Waals surface area contributed by atoms with Crippen LogP contribution in [0.2, 0.25) is 0 Å². The third-order valence-electron chi connectivity index (χ3n) is 7.08. The number of benzene rings is 2. The molecule has 0 spiro atoms. The summed E-state index contributed by atoms with van der Waals surface area (Å²) in [5.74, 6) is -1.83. The maximum Gasteiger partial charge on any atom is 0.347 e. The largest absolute Gasteiger partial charge is 0.459 e. The number of ether oxygens (including phenoxy) is 2. The van der Waals surface area contributed by atoms with Crippen LogP contribution >= 0.6 is 0 Å². The predicted octanol–water partition coefficient (Wildman–Crippen LogP) is 3.53. The molecule has 1 heterocycles. The molecule has 32 heavy (non-hydrogen) atoms. The normalized spacial score (nSPS) is 25.6. The van der Waals surface area contributed by atoms with E-state index in [1.165, 1.54) is 48.5 Å². The van der Waals surface area contributed by atoms with Crippen LogP contribution in [0.5, 0.6) is 0 Å². The van der Waals surface area contributed by atoms with Crippen LogP contribution in [0.1, 0.15) is 37.3 Å². The Labute approximate surface area is 187 Å². The minimum Gasteiger partial charge on any atom is -0.459 e. The van der Waals surface area contributed by atoms with Crippen molar-refractivity contribution in [3.63, 3.8) is 0 Å². The van der Waals surface area contributed by atoms with Crippen molar-refractivity contribution in [1.82, 2.24) is 0 Å². The Balaban J connectivity index is 1.62. The van der Waals surface area contributed by atoms with Crippen molar-refractivity contribution >= 4 is 5.97 Å². The average molecular weight is 447 g/mol. The molecule has 7 heteroatoms. The number of quaternary nitrogens is 1. The number of rotatable bonds is 6. The van der Waals surface area contributed by atoms with Gasteiger partial charge in [-0.1, -0.05) is 24.3 Å². The SMILES string of the molecule is CC[N+](C)(C)C1C[C@H](OC(=O)C(O)(c2ccc(F)cc2)c2ccc(F)cc2)CC[C@H]2OC12. The van der Waals surface area contributed by atoms with Gasteiger partial charge in [0.25, 0.3) is 0 Å². The molecule has 1 aliphatic carbocycles. The van der Waals surface area contributed by atoms with E-state index in [9.17, 15) is 18.7 Å². The highest BCUT2D eigenvalue weighted by atomic mass is 19.1. The Hall–Kier alpha value is -2.35. The summed E-state index contributed by atoms with van der Waals surface area (Å²) in [5.41, 5.74) is -1.86. The lowest BCUT2D eigenvalue weighted by Gasteiger charge is -2.38. The van der Waals surface area contributed by atoms with Gasteiger partial charge in [0.05, 0.1) is 26.7 Å². The average Bonchev–Trinajstić information content (AvgIpc) is 3.55. The molecule has 0 radical (unpaired) electrons. The van der Waals surface area contributed by atoms with Crippen molar-refractivity contribution < 1.29 is 32.6 Å². The Kier molecular flexibility index (Phi) is 6.09. The zero-order valence-corrected chi connectivity index (χ0v) is 18.6. The zero-order chi connectivity index (χ0) is 23.1. The molecule has 1 saturated carbocycles. The number of halogens is 2. The van der Waals surface area contributed by atoms with Crippen molar-refractivity contribution in [3.8, 4) is 0 Å². The summed E-state index contributed by atoms with van der Waals surface area (Å²) in [6.45, 7) is 3.03. The summed E-state index contributed by atoms with van der Waals surface area (Å²) >= 11 is 0. The van der Waals surface area contributed by atoms with Gasteiger partial charge in [0.1, 0.15) is 29.9 Å². The highest BCUT2D eigenvalue weighted by molar-refractivity contribution is 5.85. The van der Waals surface area contributed by atoms with Gasteiger partial charge in [-0.05, 0) is 55.2 Å². The van der Waals surface area contributed by atoms with Crippen molar-refractivity contribution in [1.29, 1.82) is 0 Å². The molecule has 2 fully saturated rings. The molecule has 4 rings (SSSR count). The summed E-state index contributed by atoms with van der Waals surface area (Å²) in [6, 6.07) is 10.2. The molecule has 2 unspecified atom stereocenters. The van der Waals surface area contributed by atoms with E-state index < -0.39 is 23.2 Å².